The second-order valence-corrected chi connectivity index (χ2v) is 4.02. The van der Waals surface area contributed by atoms with Crippen LogP contribution in [-0.4, -0.2) is 22.2 Å². The largest absolute Gasteiger partial charge is 0.481 e. The third-order valence-corrected chi connectivity index (χ3v) is 2.85. The molecule has 18 heavy (non-hydrogen) atoms. The Hall–Kier alpha value is -2.36. The topological polar surface area (TPSA) is 74.6 Å². The van der Waals surface area contributed by atoms with Crippen molar-refractivity contribution >= 4 is 22.7 Å². The van der Waals surface area contributed by atoms with E-state index in [1.54, 1.807) is 18.2 Å². The van der Waals surface area contributed by atoms with Gasteiger partial charge >= 0.3 is 11.9 Å². The summed E-state index contributed by atoms with van der Waals surface area (Å²) in [6, 6.07) is 10.4. The fourth-order valence-corrected chi connectivity index (χ4v) is 2.01. The van der Waals surface area contributed by atoms with Crippen LogP contribution in [0, 0.1) is 0 Å². The highest BCUT2D eigenvalue weighted by Gasteiger charge is 2.11. The van der Waals surface area contributed by atoms with Crippen LogP contribution in [0.5, 0.6) is 0 Å². The van der Waals surface area contributed by atoms with Crippen molar-refractivity contribution in [3.05, 3.63) is 47.5 Å². The normalized spacial score (nSPS) is 10.4. The highest BCUT2D eigenvalue weighted by molar-refractivity contribution is 6.04. The number of benzene rings is 2. The number of fused-ring (bicyclic) bond motifs is 1. The third-order valence-electron chi connectivity index (χ3n) is 2.85. The lowest BCUT2D eigenvalue weighted by Gasteiger charge is -2.08. The van der Waals surface area contributed by atoms with Crippen molar-refractivity contribution in [1.82, 2.24) is 0 Å². The first kappa shape index (κ1) is 12.1. The van der Waals surface area contributed by atoms with Gasteiger partial charge in [0.05, 0.1) is 5.56 Å². The third kappa shape index (κ3) is 2.32. The van der Waals surface area contributed by atoms with Crippen molar-refractivity contribution in [2.45, 2.75) is 12.8 Å². The Morgan fingerprint density at radius 1 is 0.944 bits per heavy atom. The molecular weight excluding hydrogens is 232 g/mol. The molecule has 0 aliphatic heterocycles. The molecule has 2 aromatic carbocycles. The van der Waals surface area contributed by atoms with Crippen LogP contribution in [0.3, 0.4) is 0 Å². The van der Waals surface area contributed by atoms with Gasteiger partial charge in [-0.25, -0.2) is 4.79 Å². The second kappa shape index (κ2) is 4.87. The van der Waals surface area contributed by atoms with E-state index in [9.17, 15) is 9.59 Å². The van der Waals surface area contributed by atoms with Crippen LogP contribution in [0.1, 0.15) is 22.3 Å². The molecule has 0 saturated carbocycles. The summed E-state index contributed by atoms with van der Waals surface area (Å²) in [6.07, 6.45) is 0.437. The lowest BCUT2D eigenvalue weighted by Crippen LogP contribution is -2.01. The minimum absolute atomic E-state index is 0.0381. The zero-order valence-corrected chi connectivity index (χ0v) is 9.59. The van der Waals surface area contributed by atoms with E-state index in [1.807, 2.05) is 12.1 Å². The number of carboxylic acids is 2. The number of hydrogen-bond donors (Lipinski definition) is 2. The Morgan fingerprint density at radius 3 is 2.22 bits per heavy atom. The van der Waals surface area contributed by atoms with Gasteiger partial charge in [0.1, 0.15) is 0 Å². The van der Waals surface area contributed by atoms with Crippen LogP contribution in [0.4, 0.5) is 0 Å². The molecule has 0 fully saturated rings. The van der Waals surface area contributed by atoms with Gasteiger partial charge in [-0.2, -0.15) is 0 Å². The highest BCUT2D eigenvalue weighted by atomic mass is 16.4. The Morgan fingerprint density at radius 2 is 1.61 bits per heavy atom. The van der Waals surface area contributed by atoms with Crippen LogP contribution < -0.4 is 0 Å². The van der Waals surface area contributed by atoms with Crippen molar-refractivity contribution < 1.29 is 19.8 Å². The molecule has 0 spiro atoms. The summed E-state index contributed by atoms with van der Waals surface area (Å²) in [6.45, 7) is 0. The summed E-state index contributed by atoms with van der Waals surface area (Å²) in [5.41, 5.74) is 1.10. The second-order valence-electron chi connectivity index (χ2n) is 4.02. The Bertz CT molecular complexity index is 616. The molecule has 0 heterocycles. The van der Waals surface area contributed by atoms with Gasteiger partial charge in [0.2, 0.25) is 0 Å². The molecule has 92 valence electrons. The summed E-state index contributed by atoms with van der Waals surface area (Å²) >= 11 is 0. The van der Waals surface area contributed by atoms with Gasteiger partial charge in [-0.1, -0.05) is 30.3 Å². The number of carboxylic acid groups (broad SMARTS) is 2. The maximum Gasteiger partial charge on any atom is 0.336 e. The summed E-state index contributed by atoms with van der Waals surface area (Å²) in [7, 11) is 0. The fraction of sp³-hybridized carbons (Fsp3) is 0.143. The number of aromatic carboxylic acids is 1. The van der Waals surface area contributed by atoms with E-state index in [0.29, 0.717) is 11.8 Å². The quantitative estimate of drug-likeness (QED) is 0.866. The predicted octanol–water partition coefficient (Wildman–Crippen LogP) is 2.56. The van der Waals surface area contributed by atoms with E-state index >= 15 is 0 Å². The zero-order chi connectivity index (χ0) is 13.1. The lowest BCUT2D eigenvalue weighted by molar-refractivity contribution is -0.136. The monoisotopic (exact) mass is 244 g/mol. The molecule has 4 heteroatoms. The molecule has 0 aliphatic rings. The summed E-state index contributed by atoms with van der Waals surface area (Å²) < 4.78 is 0. The molecule has 0 bridgehead atoms. The molecular formula is C14H12O4. The van der Waals surface area contributed by atoms with E-state index < -0.39 is 11.9 Å². The van der Waals surface area contributed by atoms with Gasteiger partial charge in [0.15, 0.2) is 0 Å². The van der Waals surface area contributed by atoms with Crippen LogP contribution in [0.15, 0.2) is 36.4 Å². The van der Waals surface area contributed by atoms with Crippen LogP contribution in [0.25, 0.3) is 10.8 Å². The zero-order valence-electron chi connectivity index (χ0n) is 9.59. The Kier molecular flexibility index (Phi) is 3.28. The minimum Gasteiger partial charge on any atom is -0.481 e. The number of aryl methyl sites for hydroxylation is 1. The van der Waals surface area contributed by atoms with Crippen molar-refractivity contribution in [2.24, 2.45) is 0 Å². The maximum absolute atomic E-state index is 11.1. The molecule has 4 nitrogen and oxygen atoms in total. The number of carbonyl (C=O) groups is 2. The minimum atomic E-state index is -0.976. The Labute approximate surface area is 103 Å². The van der Waals surface area contributed by atoms with Gasteiger partial charge in [-0.15, -0.1) is 0 Å². The summed E-state index contributed by atoms with van der Waals surface area (Å²) in [5, 5.41) is 19.2. The van der Waals surface area contributed by atoms with Crippen LogP contribution >= 0.6 is 0 Å². The molecule has 2 rings (SSSR count). The van der Waals surface area contributed by atoms with Gasteiger partial charge in [0, 0.05) is 6.42 Å². The van der Waals surface area contributed by atoms with Gasteiger partial charge < -0.3 is 10.2 Å². The van der Waals surface area contributed by atoms with Gasteiger partial charge in [-0.3, -0.25) is 4.79 Å². The van der Waals surface area contributed by atoms with Gasteiger partial charge in [0.25, 0.3) is 0 Å². The van der Waals surface area contributed by atoms with Crippen LogP contribution in [-0.2, 0) is 11.2 Å². The first-order valence-electron chi connectivity index (χ1n) is 5.55. The molecule has 0 unspecified atom stereocenters. The lowest BCUT2D eigenvalue weighted by atomic mass is 9.97. The average Bonchev–Trinajstić information content (AvgIpc) is 2.35. The predicted molar refractivity (Wildman–Crippen MR) is 66.9 cm³/mol. The fourth-order valence-electron chi connectivity index (χ4n) is 2.01. The molecule has 2 N–H and O–H groups in total. The molecule has 0 saturated heterocycles. The molecule has 0 radical (unpaired) electrons. The number of aliphatic carboxylic acids is 1. The van der Waals surface area contributed by atoms with Crippen molar-refractivity contribution in [3.63, 3.8) is 0 Å². The summed E-state index contributed by atoms with van der Waals surface area (Å²) in [5.74, 6) is -1.84. The van der Waals surface area contributed by atoms with Crippen molar-refractivity contribution in [1.29, 1.82) is 0 Å². The smallest absolute Gasteiger partial charge is 0.336 e. The SMILES string of the molecule is O=C(O)CCc1ccc(C(=O)O)c2ccccc12. The molecule has 0 aliphatic carbocycles. The van der Waals surface area contributed by atoms with Gasteiger partial charge in [-0.05, 0) is 28.8 Å². The standard InChI is InChI=1S/C14H12O4/c15-13(16)8-6-9-5-7-12(14(17)18)11-4-2-1-3-10(9)11/h1-5,7H,6,8H2,(H,15,16)(H,17,18). The maximum atomic E-state index is 11.1. The molecule has 2 aromatic rings. The highest BCUT2D eigenvalue weighted by Crippen LogP contribution is 2.24. The molecule has 0 aromatic heterocycles. The van der Waals surface area contributed by atoms with E-state index in [-0.39, 0.29) is 12.0 Å². The molecule has 0 amide bonds. The Balaban J connectivity index is 2.53. The van der Waals surface area contributed by atoms with E-state index in [4.69, 9.17) is 10.2 Å². The molecule has 0 atom stereocenters. The summed E-state index contributed by atoms with van der Waals surface area (Å²) in [4.78, 5) is 21.7. The average molecular weight is 244 g/mol. The van der Waals surface area contributed by atoms with Crippen molar-refractivity contribution in [2.75, 3.05) is 0 Å². The van der Waals surface area contributed by atoms with E-state index in [2.05, 4.69) is 0 Å². The van der Waals surface area contributed by atoms with Crippen LogP contribution in [0.2, 0.25) is 0 Å². The first-order valence-corrected chi connectivity index (χ1v) is 5.55. The van der Waals surface area contributed by atoms with E-state index in [1.165, 1.54) is 6.07 Å². The number of hydrogen-bond acceptors (Lipinski definition) is 2. The van der Waals surface area contributed by atoms with E-state index in [0.717, 1.165) is 10.9 Å². The number of rotatable bonds is 4. The van der Waals surface area contributed by atoms with Crippen molar-refractivity contribution in [3.8, 4) is 0 Å². The first-order chi connectivity index (χ1) is 8.59.